The van der Waals surface area contributed by atoms with Crippen molar-refractivity contribution in [2.45, 2.75) is 6.42 Å². The van der Waals surface area contributed by atoms with E-state index in [1.54, 1.807) is 30.6 Å². The van der Waals surface area contributed by atoms with Crippen LogP contribution in [0.5, 0.6) is 0 Å². The van der Waals surface area contributed by atoms with E-state index in [1.165, 1.54) is 12.2 Å². The fourth-order valence-corrected chi connectivity index (χ4v) is 2.87. The lowest BCUT2D eigenvalue weighted by molar-refractivity contribution is -0.115. The molecule has 2 aromatic heterocycles. The number of aromatic nitrogens is 2. The van der Waals surface area contributed by atoms with Crippen LogP contribution >= 0.6 is 0 Å². The van der Waals surface area contributed by atoms with Gasteiger partial charge in [0.25, 0.3) is 5.91 Å². The number of halogens is 1. The minimum atomic E-state index is -0.317. The van der Waals surface area contributed by atoms with E-state index >= 15 is 0 Å². The normalized spacial score (nSPS) is 13.6. The number of nitrogens with one attached hydrogen (secondary N) is 3. The van der Waals surface area contributed by atoms with Crippen molar-refractivity contribution in [1.29, 1.82) is 0 Å². The minimum Gasteiger partial charge on any atom is -0.350 e. The third kappa shape index (κ3) is 3.46. The summed E-state index contributed by atoms with van der Waals surface area (Å²) >= 11 is 0. The molecule has 0 bridgehead atoms. The Morgan fingerprint density at radius 2 is 2.15 bits per heavy atom. The maximum Gasteiger partial charge on any atom is 0.268 e. The van der Waals surface area contributed by atoms with Gasteiger partial charge in [-0.1, -0.05) is 12.7 Å². The molecule has 1 aliphatic heterocycles. The summed E-state index contributed by atoms with van der Waals surface area (Å²) in [6.07, 6.45) is 8.10. The third-order valence-corrected chi connectivity index (χ3v) is 3.98. The van der Waals surface area contributed by atoms with E-state index in [2.05, 4.69) is 27.2 Å². The summed E-state index contributed by atoms with van der Waals surface area (Å²) in [7, 11) is 0. The molecule has 0 saturated carbocycles. The zero-order valence-electron chi connectivity index (χ0n) is 13.9. The summed E-state index contributed by atoms with van der Waals surface area (Å²) < 4.78 is 12.9. The first-order valence-electron chi connectivity index (χ1n) is 7.96. The summed E-state index contributed by atoms with van der Waals surface area (Å²) in [5, 5.41) is 5.50. The van der Waals surface area contributed by atoms with Crippen LogP contribution in [0.15, 0.2) is 43.5 Å². The molecule has 1 aliphatic rings. The minimum absolute atomic E-state index is 0.0336. The standard InChI is InChI=1S/C19H17FN4O2/c1-2-15-14(3-7-20)17-12(4-10-22-19(26)18(17)24-15)11-16(25)23-13-5-8-21-9-6-13/h2-9,24H,1,10-11H2,(H,22,26)(H,21,23,25)/b7-3+. The molecule has 2 aromatic rings. The van der Waals surface area contributed by atoms with Gasteiger partial charge in [-0.3, -0.25) is 14.6 Å². The highest BCUT2D eigenvalue weighted by molar-refractivity contribution is 6.06. The first-order valence-corrected chi connectivity index (χ1v) is 7.96. The van der Waals surface area contributed by atoms with Gasteiger partial charge in [-0.25, -0.2) is 4.39 Å². The molecule has 132 valence electrons. The van der Waals surface area contributed by atoms with Crippen LogP contribution in [-0.2, 0) is 4.79 Å². The average molecular weight is 352 g/mol. The number of anilines is 1. The topological polar surface area (TPSA) is 86.9 Å². The Kier molecular flexibility index (Phi) is 5.07. The van der Waals surface area contributed by atoms with Crippen LogP contribution in [-0.4, -0.2) is 28.3 Å². The number of fused-ring (bicyclic) bond motifs is 1. The molecule has 2 amide bonds. The molecule has 26 heavy (non-hydrogen) atoms. The summed E-state index contributed by atoms with van der Waals surface area (Å²) in [6, 6.07) is 3.36. The molecular weight excluding hydrogens is 335 g/mol. The number of hydrogen-bond acceptors (Lipinski definition) is 3. The smallest absolute Gasteiger partial charge is 0.268 e. The van der Waals surface area contributed by atoms with Crippen LogP contribution in [0.25, 0.3) is 17.7 Å². The van der Waals surface area contributed by atoms with E-state index in [4.69, 9.17) is 0 Å². The molecule has 0 atom stereocenters. The van der Waals surface area contributed by atoms with Gasteiger partial charge in [0.05, 0.1) is 12.8 Å². The van der Waals surface area contributed by atoms with E-state index in [0.717, 1.165) is 0 Å². The molecular formula is C19H17FN4O2. The Hall–Kier alpha value is -3.48. The van der Waals surface area contributed by atoms with Gasteiger partial charge in [-0.15, -0.1) is 0 Å². The van der Waals surface area contributed by atoms with Crippen LogP contribution < -0.4 is 10.6 Å². The summed E-state index contributed by atoms with van der Waals surface area (Å²) in [5.74, 6) is -0.568. The molecule has 7 heteroatoms. The molecule has 0 aliphatic carbocycles. The summed E-state index contributed by atoms with van der Waals surface area (Å²) in [4.78, 5) is 31.6. The first kappa shape index (κ1) is 17.3. The van der Waals surface area contributed by atoms with Gasteiger partial charge in [0.2, 0.25) is 5.91 Å². The van der Waals surface area contributed by atoms with E-state index in [9.17, 15) is 14.0 Å². The van der Waals surface area contributed by atoms with Gasteiger partial charge >= 0.3 is 0 Å². The second kappa shape index (κ2) is 7.60. The van der Waals surface area contributed by atoms with Crippen molar-refractivity contribution in [2.75, 3.05) is 11.9 Å². The van der Waals surface area contributed by atoms with E-state index in [-0.39, 0.29) is 30.5 Å². The fourth-order valence-electron chi connectivity index (χ4n) is 2.87. The number of H-pyrrole nitrogens is 1. The lowest BCUT2D eigenvalue weighted by Gasteiger charge is -2.09. The molecule has 3 rings (SSSR count). The third-order valence-electron chi connectivity index (χ3n) is 3.98. The Bertz CT molecular complexity index is 913. The van der Waals surface area contributed by atoms with Gasteiger partial charge in [0, 0.05) is 41.4 Å². The molecule has 0 radical (unpaired) electrons. The maximum atomic E-state index is 12.9. The zero-order valence-corrected chi connectivity index (χ0v) is 13.9. The molecule has 0 saturated heterocycles. The molecule has 0 fully saturated rings. The number of rotatable bonds is 5. The predicted molar refractivity (Wildman–Crippen MR) is 98.8 cm³/mol. The second-order valence-corrected chi connectivity index (χ2v) is 5.60. The highest BCUT2D eigenvalue weighted by Gasteiger charge is 2.25. The van der Waals surface area contributed by atoms with Gasteiger partial charge in [0.15, 0.2) is 0 Å². The van der Waals surface area contributed by atoms with Gasteiger partial charge in [-0.05, 0) is 29.9 Å². The lowest BCUT2D eigenvalue weighted by Crippen LogP contribution is -2.22. The number of carbonyl (C=O) groups is 2. The number of hydrogen-bond donors (Lipinski definition) is 3. The van der Waals surface area contributed by atoms with Crippen LogP contribution in [0.3, 0.4) is 0 Å². The van der Waals surface area contributed by atoms with Crippen molar-refractivity contribution in [3.8, 4) is 0 Å². The quantitative estimate of drug-likeness (QED) is 0.772. The zero-order chi connectivity index (χ0) is 18.5. The second-order valence-electron chi connectivity index (χ2n) is 5.60. The number of nitrogens with zero attached hydrogens (tertiary/aromatic N) is 1. The lowest BCUT2D eigenvalue weighted by atomic mass is 9.97. The predicted octanol–water partition coefficient (Wildman–Crippen LogP) is 3.15. The monoisotopic (exact) mass is 352 g/mol. The van der Waals surface area contributed by atoms with Gasteiger partial charge in [0.1, 0.15) is 5.69 Å². The molecule has 0 spiro atoms. The highest BCUT2D eigenvalue weighted by Crippen LogP contribution is 2.32. The maximum absolute atomic E-state index is 12.9. The Labute approximate surface area is 149 Å². The van der Waals surface area contributed by atoms with E-state index in [0.29, 0.717) is 34.4 Å². The highest BCUT2D eigenvalue weighted by atomic mass is 19.1. The average Bonchev–Trinajstić information content (AvgIpc) is 2.93. The van der Waals surface area contributed by atoms with E-state index in [1.807, 2.05) is 0 Å². The van der Waals surface area contributed by atoms with Crippen LogP contribution in [0, 0.1) is 0 Å². The van der Waals surface area contributed by atoms with Crippen molar-refractivity contribution >= 4 is 35.2 Å². The fraction of sp³-hybridized carbons (Fsp3) is 0.105. The SMILES string of the molecule is C=Cc1[nH]c2c(c1/C=C/F)C(CC(=O)Nc1ccncc1)=CCNC2=O. The van der Waals surface area contributed by atoms with Crippen LogP contribution in [0.1, 0.15) is 33.7 Å². The summed E-state index contributed by atoms with van der Waals surface area (Å²) in [5.41, 5.74) is 3.04. The van der Waals surface area contributed by atoms with Crippen LogP contribution in [0.2, 0.25) is 0 Å². The van der Waals surface area contributed by atoms with Crippen molar-refractivity contribution in [3.05, 3.63) is 66.0 Å². The molecule has 3 N–H and O–H groups in total. The number of pyridine rings is 1. The van der Waals surface area contributed by atoms with Crippen molar-refractivity contribution < 1.29 is 14.0 Å². The van der Waals surface area contributed by atoms with Crippen molar-refractivity contribution in [2.24, 2.45) is 0 Å². The van der Waals surface area contributed by atoms with Gasteiger partial charge < -0.3 is 15.6 Å². The number of aromatic amines is 1. The molecule has 0 unspecified atom stereocenters. The summed E-state index contributed by atoms with van der Waals surface area (Å²) in [6.45, 7) is 3.96. The van der Waals surface area contributed by atoms with Crippen molar-refractivity contribution in [1.82, 2.24) is 15.3 Å². The molecule has 3 heterocycles. The Balaban J connectivity index is 1.95. The van der Waals surface area contributed by atoms with Gasteiger partial charge in [-0.2, -0.15) is 0 Å². The molecule has 0 aromatic carbocycles. The number of amides is 2. The largest absolute Gasteiger partial charge is 0.350 e. The van der Waals surface area contributed by atoms with E-state index < -0.39 is 0 Å². The first-order chi connectivity index (χ1) is 12.6. The van der Waals surface area contributed by atoms with Crippen LogP contribution in [0.4, 0.5) is 10.1 Å². The van der Waals surface area contributed by atoms with Crippen molar-refractivity contribution in [3.63, 3.8) is 0 Å². The Morgan fingerprint density at radius 3 is 2.85 bits per heavy atom. The molecule has 6 nitrogen and oxygen atoms in total. The number of carbonyl (C=O) groups excluding carboxylic acids is 2. The Morgan fingerprint density at radius 1 is 1.38 bits per heavy atom.